The summed E-state index contributed by atoms with van der Waals surface area (Å²) < 4.78 is 0. The fourth-order valence-electron chi connectivity index (χ4n) is 5.56. The third-order valence-electron chi connectivity index (χ3n) is 6.46. The molecule has 0 aromatic heterocycles. The van der Waals surface area contributed by atoms with Gasteiger partial charge in [-0.2, -0.15) is 0 Å². The quantitative estimate of drug-likeness (QED) is 0.626. The smallest absolute Gasteiger partial charge is 0.161 e. The lowest BCUT2D eigenvalue weighted by Gasteiger charge is -2.56. The summed E-state index contributed by atoms with van der Waals surface area (Å²) in [5.41, 5.74) is 1.59. The van der Waals surface area contributed by atoms with Gasteiger partial charge in [-0.3, -0.25) is 0 Å². The maximum absolute atomic E-state index is 10.8. The minimum absolute atomic E-state index is 0.0740. The van der Waals surface area contributed by atoms with Crippen molar-refractivity contribution in [2.75, 3.05) is 6.61 Å². The molecule has 0 amide bonds. The molecule has 0 bridgehead atoms. The highest BCUT2D eigenvalue weighted by atomic mass is 16.3. The van der Waals surface area contributed by atoms with Crippen LogP contribution in [0.1, 0.15) is 69.6 Å². The van der Waals surface area contributed by atoms with Crippen LogP contribution in [0.3, 0.4) is 0 Å². The first-order chi connectivity index (χ1) is 11.1. The van der Waals surface area contributed by atoms with Gasteiger partial charge in [-0.25, -0.2) is 0 Å². The Balaban J connectivity index is 2.26. The maximum atomic E-state index is 10.8. The van der Waals surface area contributed by atoms with Crippen LogP contribution in [0.2, 0.25) is 0 Å². The summed E-state index contributed by atoms with van der Waals surface area (Å²) in [6.07, 6.45) is 2.37. The van der Waals surface area contributed by atoms with Crippen LogP contribution in [0, 0.1) is 11.3 Å². The number of aliphatic hydroxyl groups is 2. The number of fused-ring (bicyclic) bond motifs is 3. The molecule has 2 aliphatic carbocycles. The van der Waals surface area contributed by atoms with Gasteiger partial charge in [0.15, 0.2) is 11.5 Å². The van der Waals surface area contributed by atoms with Crippen LogP contribution in [0.15, 0.2) is 6.07 Å². The van der Waals surface area contributed by atoms with E-state index in [0.29, 0.717) is 18.4 Å². The Kier molecular flexibility index (Phi) is 4.12. The molecule has 134 valence electrons. The summed E-state index contributed by atoms with van der Waals surface area (Å²) in [5.74, 6) is 0.105. The normalized spacial score (nSPS) is 31.6. The third-order valence-corrected chi connectivity index (χ3v) is 6.46. The monoisotopic (exact) mass is 334 g/mol. The molecule has 4 heteroatoms. The van der Waals surface area contributed by atoms with E-state index in [0.717, 1.165) is 24.0 Å². The number of hydrogen-bond acceptors (Lipinski definition) is 4. The zero-order chi connectivity index (χ0) is 17.9. The summed E-state index contributed by atoms with van der Waals surface area (Å²) in [5, 5.41) is 42.2. The van der Waals surface area contributed by atoms with Gasteiger partial charge in [0.05, 0.1) is 12.7 Å². The highest BCUT2D eigenvalue weighted by Gasteiger charge is 2.56. The molecule has 3 atom stereocenters. The average molecular weight is 334 g/mol. The van der Waals surface area contributed by atoms with E-state index in [1.54, 1.807) is 0 Å². The van der Waals surface area contributed by atoms with Gasteiger partial charge < -0.3 is 20.4 Å². The lowest BCUT2D eigenvalue weighted by atomic mass is 9.49. The van der Waals surface area contributed by atoms with Crippen LogP contribution in [-0.2, 0) is 11.8 Å². The van der Waals surface area contributed by atoms with Crippen molar-refractivity contribution in [3.8, 4) is 11.5 Å². The Hall–Kier alpha value is -1.26. The molecule has 1 saturated carbocycles. The molecule has 1 aromatic rings. The highest BCUT2D eigenvalue weighted by Crippen LogP contribution is 2.60. The number of benzene rings is 1. The average Bonchev–Trinajstić information content (AvgIpc) is 2.48. The van der Waals surface area contributed by atoms with Crippen molar-refractivity contribution in [1.82, 2.24) is 0 Å². The summed E-state index contributed by atoms with van der Waals surface area (Å²) >= 11 is 0. The Labute approximate surface area is 144 Å². The SMILES string of the molecule is CC(C)c1cc2c(c(O)c1O)[C@]1(CO)C[C@H](O)CC(C)(C)[C@H]1CC2. The molecule has 0 aliphatic heterocycles. The van der Waals surface area contributed by atoms with Crippen molar-refractivity contribution < 1.29 is 20.4 Å². The molecule has 3 rings (SSSR count). The van der Waals surface area contributed by atoms with Gasteiger partial charge in [-0.15, -0.1) is 0 Å². The van der Waals surface area contributed by atoms with E-state index >= 15 is 0 Å². The summed E-state index contributed by atoms with van der Waals surface area (Å²) in [4.78, 5) is 0. The van der Waals surface area contributed by atoms with Crippen molar-refractivity contribution in [3.63, 3.8) is 0 Å². The van der Waals surface area contributed by atoms with Crippen LogP contribution in [0.5, 0.6) is 11.5 Å². The van der Waals surface area contributed by atoms with E-state index in [2.05, 4.69) is 13.8 Å². The van der Waals surface area contributed by atoms with E-state index in [4.69, 9.17) is 0 Å². The second-order valence-corrected chi connectivity index (χ2v) is 8.81. The van der Waals surface area contributed by atoms with Gasteiger partial charge in [0.1, 0.15) is 0 Å². The fraction of sp³-hybridized carbons (Fsp3) is 0.700. The first kappa shape index (κ1) is 17.6. The molecule has 0 unspecified atom stereocenters. The van der Waals surface area contributed by atoms with Crippen LogP contribution in [0.4, 0.5) is 0 Å². The summed E-state index contributed by atoms with van der Waals surface area (Å²) in [6.45, 7) is 8.12. The molecular formula is C20H30O4. The second-order valence-electron chi connectivity index (χ2n) is 8.81. The topological polar surface area (TPSA) is 80.9 Å². The van der Waals surface area contributed by atoms with Crippen molar-refractivity contribution in [1.29, 1.82) is 0 Å². The van der Waals surface area contributed by atoms with Crippen LogP contribution < -0.4 is 0 Å². The van der Waals surface area contributed by atoms with Gasteiger partial charge in [-0.05, 0) is 48.5 Å². The predicted molar refractivity (Wildman–Crippen MR) is 93.5 cm³/mol. The van der Waals surface area contributed by atoms with Crippen molar-refractivity contribution in [3.05, 3.63) is 22.8 Å². The maximum Gasteiger partial charge on any atom is 0.161 e. The molecule has 0 radical (unpaired) electrons. The number of aliphatic hydroxyl groups excluding tert-OH is 2. The summed E-state index contributed by atoms with van der Waals surface area (Å²) in [7, 11) is 0. The Morgan fingerprint density at radius 1 is 1.17 bits per heavy atom. The number of phenolic OH excluding ortho intramolecular Hbond substituents is 2. The molecule has 1 fully saturated rings. The molecule has 2 aliphatic rings. The largest absolute Gasteiger partial charge is 0.504 e. The van der Waals surface area contributed by atoms with Gasteiger partial charge >= 0.3 is 0 Å². The minimum Gasteiger partial charge on any atom is -0.504 e. The molecule has 4 nitrogen and oxygen atoms in total. The Morgan fingerprint density at radius 3 is 2.42 bits per heavy atom. The fourth-order valence-corrected chi connectivity index (χ4v) is 5.56. The van der Waals surface area contributed by atoms with E-state index in [9.17, 15) is 20.4 Å². The molecule has 0 saturated heterocycles. The predicted octanol–water partition coefficient (Wildman–Crippen LogP) is 3.19. The van der Waals surface area contributed by atoms with Crippen molar-refractivity contribution in [2.45, 2.75) is 70.8 Å². The molecule has 4 N–H and O–H groups in total. The number of aromatic hydroxyl groups is 2. The van der Waals surface area contributed by atoms with Gasteiger partial charge in [-0.1, -0.05) is 33.8 Å². The van der Waals surface area contributed by atoms with Gasteiger partial charge in [0, 0.05) is 16.5 Å². The van der Waals surface area contributed by atoms with E-state index in [1.165, 1.54) is 0 Å². The van der Waals surface area contributed by atoms with E-state index in [1.807, 2.05) is 19.9 Å². The van der Waals surface area contributed by atoms with E-state index in [-0.39, 0.29) is 35.4 Å². The molecule has 1 aromatic carbocycles. The zero-order valence-electron chi connectivity index (χ0n) is 15.1. The highest BCUT2D eigenvalue weighted by molar-refractivity contribution is 5.59. The van der Waals surface area contributed by atoms with Crippen LogP contribution in [0.25, 0.3) is 0 Å². The number of phenols is 2. The van der Waals surface area contributed by atoms with Crippen molar-refractivity contribution >= 4 is 0 Å². The molecule has 0 heterocycles. The lowest BCUT2D eigenvalue weighted by molar-refractivity contribution is -0.0663. The summed E-state index contributed by atoms with van der Waals surface area (Å²) in [6, 6.07) is 1.98. The first-order valence-electron chi connectivity index (χ1n) is 9.01. The Bertz CT molecular complexity index is 650. The van der Waals surface area contributed by atoms with E-state index < -0.39 is 11.5 Å². The minimum atomic E-state index is -0.689. The Morgan fingerprint density at radius 2 is 1.83 bits per heavy atom. The number of aryl methyl sites for hydroxylation is 1. The first-order valence-corrected chi connectivity index (χ1v) is 9.01. The number of rotatable bonds is 2. The number of hydrogen-bond donors (Lipinski definition) is 4. The second kappa shape index (κ2) is 5.63. The van der Waals surface area contributed by atoms with Gasteiger partial charge in [0.25, 0.3) is 0 Å². The zero-order valence-corrected chi connectivity index (χ0v) is 15.1. The molecule has 24 heavy (non-hydrogen) atoms. The molecule has 0 spiro atoms. The lowest BCUT2D eigenvalue weighted by Crippen LogP contribution is -2.55. The third kappa shape index (κ3) is 2.34. The van der Waals surface area contributed by atoms with Gasteiger partial charge in [0.2, 0.25) is 0 Å². The van der Waals surface area contributed by atoms with Crippen LogP contribution >= 0.6 is 0 Å². The van der Waals surface area contributed by atoms with Crippen LogP contribution in [-0.4, -0.2) is 33.1 Å². The molecular weight excluding hydrogens is 304 g/mol. The standard InChI is InChI=1S/C20H30O4/c1-11(2)14-7-12-5-6-15-19(3,4)8-13(22)9-20(15,10-21)16(12)18(24)17(14)23/h7,11,13,15,21-24H,5-6,8-10H2,1-4H3/t13-,15-,20+/m1/s1. The van der Waals surface area contributed by atoms with Crippen molar-refractivity contribution in [2.24, 2.45) is 11.3 Å².